The normalized spacial score (nSPS) is 18.8. The van der Waals surface area contributed by atoms with Crippen LogP contribution in [-0.4, -0.2) is 23.9 Å². The van der Waals surface area contributed by atoms with Crippen molar-refractivity contribution in [2.75, 3.05) is 6.61 Å². The van der Waals surface area contributed by atoms with Crippen molar-refractivity contribution in [2.45, 2.75) is 31.0 Å². The van der Waals surface area contributed by atoms with Gasteiger partial charge in [-0.15, -0.1) is 12.4 Å². The van der Waals surface area contributed by atoms with E-state index in [1.54, 1.807) is 12.1 Å². The molecule has 1 aliphatic heterocycles. The number of phenols is 1. The maximum atomic E-state index is 9.41. The molecule has 1 saturated heterocycles. The van der Waals surface area contributed by atoms with E-state index in [0.29, 0.717) is 11.8 Å². The topological polar surface area (TPSA) is 41.5 Å². The molecule has 0 spiro atoms. The third kappa shape index (κ3) is 4.93. The lowest BCUT2D eigenvalue weighted by Crippen LogP contribution is -2.29. The summed E-state index contributed by atoms with van der Waals surface area (Å²) in [7, 11) is 0. The Morgan fingerprint density at radius 3 is 2.00 bits per heavy atom. The molecule has 28 heavy (non-hydrogen) atoms. The van der Waals surface area contributed by atoms with Crippen LogP contribution in [-0.2, 0) is 11.3 Å². The molecule has 1 fully saturated rings. The predicted octanol–water partition coefficient (Wildman–Crippen LogP) is 4.89. The van der Waals surface area contributed by atoms with Gasteiger partial charge >= 0.3 is 0 Å². The fourth-order valence-electron chi connectivity index (χ4n) is 3.85. The van der Waals surface area contributed by atoms with E-state index >= 15 is 0 Å². The molecule has 1 heterocycles. The van der Waals surface area contributed by atoms with Gasteiger partial charge in [0.1, 0.15) is 5.75 Å². The fraction of sp³-hybridized carbons (Fsp3) is 0.250. The van der Waals surface area contributed by atoms with Crippen molar-refractivity contribution in [3.63, 3.8) is 0 Å². The Kier molecular flexibility index (Phi) is 7.10. The zero-order valence-corrected chi connectivity index (χ0v) is 16.5. The van der Waals surface area contributed by atoms with Crippen LogP contribution in [0.3, 0.4) is 0 Å². The zero-order chi connectivity index (χ0) is 18.5. The molecule has 146 valence electrons. The van der Waals surface area contributed by atoms with E-state index in [-0.39, 0.29) is 24.4 Å². The molecule has 0 saturated carbocycles. The SMILES string of the molecule is Cl.Oc1ccc(CN[C@@H]2CO[C@H](C(c3ccccc3)c3ccccc3)C2)cc1. The van der Waals surface area contributed by atoms with Gasteiger partial charge in [-0.3, -0.25) is 0 Å². The third-order valence-corrected chi connectivity index (χ3v) is 5.25. The van der Waals surface area contributed by atoms with Crippen LogP contribution in [0.1, 0.15) is 29.0 Å². The van der Waals surface area contributed by atoms with Crippen molar-refractivity contribution in [1.82, 2.24) is 5.32 Å². The van der Waals surface area contributed by atoms with Crippen LogP contribution in [0.4, 0.5) is 0 Å². The summed E-state index contributed by atoms with van der Waals surface area (Å²) in [5.74, 6) is 0.546. The molecule has 1 aliphatic rings. The molecule has 0 aliphatic carbocycles. The molecule has 3 aromatic rings. The highest BCUT2D eigenvalue weighted by molar-refractivity contribution is 5.85. The first-order chi connectivity index (χ1) is 13.3. The largest absolute Gasteiger partial charge is 0.508 e. The Bertz CT molecular complexity index is 800. The molecule has 0 aromatic heterocycles. The highest BCUT2D eigenvalue weighted by Gasteiger charge is 2.33. The molecule has 4 heteroatoms. The van der Waals surface area contributed by atoms with Crippen molar-refractivity contribution in [3.05, 3.63) is 102 Å². The van der Waals surface area contributed by atoms with E-state index in [2.05, 4.69) is 66.0 Å². The highest BCUT2D eigenvalue weighted by atomic mass is 35.5. The third-order valence-electron chi connectivity index (χ3n) is 5.25. The number of benzene rings is 3. The monoisotopic (exact) mass is 395 g/mol. The van der Waals surface area contributed by atoms with Gasteiger partial charge in [-0.25, -0.2) is 0 Å². The standard InChI is InChI=1S/C24H25NO2.ClH/c26-22-13-11-18(12-14-22)16-25-21-15-23(27-17-21)24(19-7-3-1-4-8-19)20-9-5-2-6-10-20;/h1-14,21,23-26H,15-17H2;1H/t21-,23-;/m0./s1. The van der Waals surface area contributed by atoms with Crippen molar-refractivity contribution >= 4 is 12.4 Å². The van der Waals surface area contributed by atoms with Crippen LogP contribution >= 0.6 is 12.4 Å². The first-order valence-corrected chi connectivity index (χ1v) is 9.52. The van der Waals surface area contributed by atoms with Gasteiger partial charge in [0.2, 0.25) is 0 Å². The fourth-order valence-corrected chi connectivity index (χ4v) is 3.85. The van der Waals surface area contributed by atoms with E-state index in [1.165, 1.54) is 16.7 Å². The summed E-state index contributed by atoms with van der Waals surface area (Å²) in [6.07, 6.45) is 1.14. The summed E-state index contributed by atoms with van der Waals surface area (Å²) in [6.45, 7) is 1.50. The van der Waals surface area contributed by atoms with Crippen LogP contribution in [0.2, 0.25) is 0 Å². The Hall–Kier alpha value is -2.33. The van der Waals surface area contributed by atoms with E-state index in [0.717, 1.165) is 19.6 Å². The highest BCUT2D eigenvalue weighted by Crippen LogP contribution is 2.34. The van der Waals surface area contributed by atoms with Crippen molar-refractivity contribution in [1.29, 1.82) is 0 Å². The Balaban J connectivity index is 0.00000225. The molecular formula is C24H26ClNO2. The van der Waals surface area contributed by atoms with E-state index < -0.39 is 0 Å². The van der Waals surface area contributed by atoms with Crippen LogP contribution in [0, 0.1) is 0 Å². The second-order valence-electron chi connectivity index (χ2n) is 7.15. The molecule has 4 rings (SSSR count). The summed E-state index contributed by atoms with van der Waals surface area (Å²) >= 11 is 0. The average Bonchev–Trinajstić information content (AvgIpc) is 3.18. The molecular weight excluding hydrogens is 370 g/mol. The van der Waals surface area contributed by atoms with E-state index in [4.69, 9.17) is 4.74 Å². The smallest absolute Gasteiger partial charge is 0.115 e. The second kappa shape index (κ2) is 9.74. The molecule has 2 atom stereocenters. The van der Waals surface area contributed by atoms with Gasteiger partial charge in [0.05, 0.1) is 12.7 Å². The van der Waals surface area contributed by atoms with Crippen molar-refractivity contribution in [3.8, 4) is 5.75 Å². The Morgan fingerprint density at radius 2 is 1.43 bits per heavy atom. The van der Waals surface area contributed by atoms with Gasteiger partial charge in [-0.05, 0) is 35.2 Å². The average molecular weight is 396 g/mol. The molecule has 0 unspecified atom stereocenters. The van der Waals surface area contributed by atoms with Gasteiger partial charge in [-0.2, -0.15) is 0 Å². The minimum Gasteiger partial charge on any atom is -0.508 e. The first-order valence-electron chi connectivity index (χ1n) is 9.52. The maximum Gasteiger partial charge on any atom is 0.115 e. The van der Waals surface area contributed by atoms with Crippen LogP contribution < -0.4 is 5.32 Å². The van der Waals surface area contributed by atoms with E-state index in [1.807, 2.05) is 12.1 Å². The van der Waals surface area contributed by atoms with Crippen LogP contribution in [0.5, 0.6) is 5.75 Å². The molecule has 3 aromatic carbocycles. The predicted molar refractivity (Wildman–Crippen MR) is 115 cm³/mol. The van der Waals surface area contributed by atoms with Crippen molar-refractivity contribution in [2.24, 2.45) is 0 Å². The summed E-state index contributed by atoms with van der Waals surface area (Å²) in [6, 6.07) is 29.0. The van der Waals surface area contributed by atoms with Gasteiger partial charge < -0.3 is 15.2 Å². The summed E-state index contributed by atoms with van der Waals surface area (Å²) in [4.78, 5) is 0. The van der Waals surface area contributed by atoms with Gasteiger partial charge in [-0.1, -0.05) is 72.8 Å². The Morgan fingerprint density at radius 1 is 0.857 bits per heavy atom. The molecule has 2 N–H and O–H groups in total. The number of aromatic hydroxyl groups is 1. The summed E-state index contributed by atoms with van der Waals surface area (Å²) in [5, 5.41) is 13.0. The number of ether oxygens (including phenoxy) is 1. The Labute approximate surface area is 172 Å². The minimum atomic E-state index is 0. The van der Waals surface area contributed by atoms with Gasteiger partial charge in [0.15, 0.2) is 0 Å². The number of hydrogen-bond donors (Lipinski definition) is 2. The lowest BCUT2D eigenvalue weighted by molar-refractivity contribution is 0.0959. The summed E-state index contributed by atoms with van der Waals surface area (Å²) in [5.41, 5.74) is 3.76. The number of phenolic OH excluding ortho intramolecular Hbond substituents is 1. The summed E-state index contributed by atoms with van der Waals surface area (Å²) < 4.78 is 6.24. The zero-order valence-electron chi connectivity index (χ0n) is 15.7. The first kappa shape index (κ1) is 20.4. The number of rotatable bonds is 6. The van der Waals surface area contributed by atoms with Gasteiger partial charge in [0, 0.05) is 18.5 Å². The quantitative estimate of drug-likeness (QED) is 0.624. The van der Waals surface area contributed by atoms with Crippen molar-refractivity contribution < 1.29 is 9.84 Å². The second-order valence-corrected chi connectivity index (χ2v) is 7.15. The van der Waals surface area contributed by atoms with Gasteiger partial charge in [0.25, 0.3) is 0 Å². The van der Waals surface area contributed by atoms with Crippen LogP contribution in [0.25, 0.3) is 0 Å². The van der Waals surface area contributed by atoms with Crippen LogP contribution in [0.15, 0.2) is 84.9 Å². The number of hydrogen-bond acceptors (Lipinski definition) is 3. The minimum absolute atomic E-state index is 0. The molecule has 3 nitrogen and oxygen atoms in total. The molecule has 0 radical (unpaired) electrons. The maximum absolute atomic E-state index is 9.41. The van der Waals surface area contributed by atoms with E-state index in [9.17, 15) is 5.11 Å². The molecule has 0 bridgehead atoms. The number of nitrogens with one attached hydrogen (secondary N) is 1. The number of halogens is 1. The lowest BCUT2D eigenvalue weighted by Gasteiger charge is -2.24. The molecule has 0 amide bonds. The lowest BCUT2D eigenvalue weighted by atomic mass is 9.85.